The Bertz CT molecular complexity index is 941. The van der Waals surface area contributed by atoms with Crippen LogP contribution in [0.25, 0.3) is 10.8 Å². The minimum atomic E-state index is -0.315. The van der Waals surface area contributed by atoms with Crippen molar-refractivity contribution < 1.29 is 9.59 Å². The minimum absolute atomic E-state index is 0.0485. The number of hydrogen-bond donors (Lipinski definition) is 1. The Morgan fingerprint density at radius 3 is 2.59 bits per heavy atom. The molecule has 0 bridgehead atoms. The average molecular weight is 365 g/mol. The first-order valence-corrected chi connectivity index (χ1v) is 9.05. The van der Waals surface area contributed by atoms with Gasteiger partial charge in [-0.2, -0.15) is 0 Å². The van der Waals surface area contributed by atoms with Crippen LogP contribution in [-0.2, 0) is 17.9 Å². The molecule has 1 N–H and O–H groups in total. The van der Waals surface area contributed by atoms with Gasteiger partial charge in [-0.05, 0) is 30.2 Å². The number of amides is 2. The number of rotatable bonds is 7. The van der Waals surface area contributed by atoms with Gasteiger partial charge >= 0.3 is 0 Å². The van der Waals surface area contributed by atoms with Crippen molar-refractivity contribution in [1.82, 2.24) is 25.2 Å². The minimum Gasteiger partial charge on any atom is -0.346 e. The zero-order valence-electron chi connectivity index (χ0n) is 15.6. The lowest BCUT2D eigenvalue weighted by Gasteiger charge is -2.17. The second-order valence-corrected chi connectivity index (χ2v) is 6.19. The van der Waals surface area contributed by atoms with E-state index in [-0.39, 0.29) is 24.1 Å². The van der Waals surface area contributed by atoms with Gasteiger partial charge in [-0.15, -0.1) is 5.10 Å². The van der Waals surface area contributed by atoms with E-state index in [0.717, 1.165) is 16.3 Å². The van der Waals surface area contributed by atoms with Crippen molar-refractivity contribution in [3.8, 4) is 0 Å². The zero-order valence-corrected chi connectivity index (χ0v) is 15.6. The van der Waals surface area contributed by atoms with E-state index in [2.05, 4.69) is 15.6 Å². The molecule has 0 aliphatic carbocycles. The molecule has 3 rings (SSSR count). The third-order valence-corrected chi connectivity index (χ3v) is 4.50. The van der Waals surface area contributed by atoms with Gasteiger partial charge in [0.15, 0.2) is 5.69 Å². The second kappa shape index (κ2) is 8.44. The van der Waals surface area contributed by atoms with Crippen LogP contribution in [0.15, 0.2) is 48.7 Å². The molecule has 7 nitrogen and oxygen atoms in total. The Kier molecular flexibility index (Phi) is 5.80. The van der Waals surface area contributed by atoms with Crippen molar-refractivity contribution in [3.05, 3.63) is 59.9 Å². The lowest BCUT2D eigenvalue weighted by atomic mass is 10.0. The molecule has 0 spiro atoms. The summed E-state index contributed by atoms with van der Waals surface area (Å²) in [7, 11) is 0. The SMILES string of the molecule is CCN(CC)C(=O)Cn1cc(C(=O)NCc2cccc3ccccc23)nn1. The van der Waals surface area contributed by atoms with Gasteiger partial charge in [0.25, 0.3) is 5.91 Å². The van der Waals surface area contributed by atoms with Crippen LogP contribution in [0.5, 0.6) is 0 Å². The fourth-order valence-corrected chi connectivity index (χ4v) is 3.01. The fraction of sp³-hybridized carbons (Fsp3) is 0.300. The first-order valence-electron chi connectivity index (χ1n) is 9.05. The summed E-state index contributed by atoms with van der Waals surface area (Å²) in [5.41, 5.74) is 1.23. The second-order valence-electron chi connectivity index (χ2n) is 6.19. The van der Waals surface area contributed by atoms with Crippen molar-refractivity contribution >= 4 is 22.6 Å². The molecule has 0 radical (unpaired) electrons. The van der Waals surface area contributed by atoms with Crippen LogP contribution < -0.4 is 5.32 Å². The Balaban J connectivity index is 1.63. The van der Waals surface area contributed by atoms with Crippen molar-refractivity contribution in [3.63, 3.8) is 0 Å². The van der Waals surface area contributed by atoms with Crippen LogP contribution in [0, 0.1) is 0 Å². The molecule has 0 unspecified atom stereocenters. The van der Waals surface area contributed by atoms with Crippen LogP contribution in [0.4, 0.5) is 0 Å². The molecule has 0 fully saturated rings. The summed E-state index contributed by atoms with van der Waals surface area (Å²) >= 11 is 0. The summed E-state index contributed by atoms with van der Waals surface area (Å²) in [6.07, 6.45) is 1.50. The number of carbonyl (C=O) groups excluding carboxylic acids is 2. The average Bonchev–Trinajstić information content (AvgIpc) is 3.15. The van der Waals surface area contributed by atoms with Gasteiger partial charge < -0.3 is 10.2 Å². The Morgan fingerprint density at radius 2 is 1.81 bits per heavy atom. The lowest BCUT2D eigenvalue weighted by molar-refractivity contribution is -0.131. The van der Waals surface area contributed by atoms with Crippen molar-refractivity contribution in [1.29, 1.82) is 0 Å². The summed E-state index contributed by atoms with van der Waals surface area (Å²) < 4.78 is 1.40. The molecule has 2 aromatic carbocycles. The number of hydrogen-bond acceptors (Lipinski definition) is 4. The van der Waals surface area contributed by atoms with Crippen LogP contribution in [0.2, 0.25) is 0 Å². The largest absolute Gasteiger partial charge is 0.346 e. The highest BCUT2D eigenvalue weighted by Crippen LogP contribution is 2.18. The quantitative estimate of drug-likeness (QED) is 0.696. The van der Waals surface area contributed by atoms with Gasteiger partial charge in [-0.1, -0.05) is 47.7 Å². The van der Waals surface area contributed by atoms with Crippen molar-refractivity contribution in [2.45, 2.75) is 26.9 Å². The summed E-state index contributed by atoms with van der Waals surface area (Å²) in [5.74, 6) is -0.364. The summed E-state index contributed by atoms with van der Waals surface area (Å²) in [5, 5.41) is 12.9. The van der Waals surface area contributed by atoms with Gasteiger partial charge in [0.1, 0.15) is 6.54 Å². The van der Waals surface area contributed by atoms with Crippen molar-refractivity contribution in [2.24, 2.45) is 0 Å². The molecule has 7 heteroatoms. The van der Waals surface area contributed by atoms with Gasteiger partial charge in [0, 0.05) is 19.6 Å². The number of nitrogens with zero attached hydrogens (tertiary/aromatic N) is 4. The monoisotopic (exact) mass is 365 g/mol. The van der Waals surface area contributed by atoms with Crippen LogP contribution in [-0.4, -0.2) is 44.8 Å². The van der Waals surface area contributed by atoms with Crippen LogP contribution >= 0.6 is 0 Å². The topological polar surface area (TPSA) is 80.1 Å². The normalized spacial score (nSPS) is 10.7. The summed E-state index contributed by atoms with van der Waals surface area (Å²) in [4.78, 5) is 26.2. The van der Waals surface area contributed by atoms with Crippen LogP contribution in [0.1, 0.15) is 29.9 Å². The smallest absolute Gasteiger partial charge is 0.273 e. The van der Waals surface area contributed by atoms with E-state index in [4.69, 9.17) is 0 Å². The molecule has 0 aliphatic rings. The fourth-order valence-electron chi connectivity index (χ4n) is 3.01. The third kappa shape index (κ3) is 4.31. The molecule has 0 atom stereocenters. The standard InChI is InChI=1S/C20H23N5O2/c1-3-24(4-2)19(26)14-25-13-18(22-23-25)20(27)21-12-16-10-7-9-15-8-5-6-11-17(15)16/h5-11,13H,3-4,12,14H2,1-2H3,(H,21,27). The Hall–Kier alpha value is -3.22. The predicted molar refractivity (Wildman–Crippen MR) is 103 cm³/mol. The molecule has 140 valence electrons. The number of nitrogens with one attached hydrogen (secondary N) is 1. The third-order valence-electron chi connectivity index (χ3n) is 4.50. The maximum absolute atomic E-state index is 12.4. The van der Waals surface area contributed by atoms with Gasteiger partial charge in [-0.3, -0.25) is 9.59 Å². The molecule has 1 aromatic heterocycles. The number of likely N-dealkylation sites (N-methyl/N-ethyl adjacent to an activating group) is 1. The molecular weight excluding hydrogens is 342 g/mol. The molecule has 1 heterocycles. The summed E-state index contributed by atoms with van der Waals surface area (Å²) in [6, 6.07) is 14.0. The maximum Gasteiger partial charge on any atom is 0.273 e. The van der Waals surface area contributed by atoms with Gasteiger partial charge in [-0.25, -0.2) is 4.68 Å². The molecule has 0 saturated heterocycles. The Labute approximate surface area is 158 Å². The molecule has 2 amide bonds. The van der Waals surface area contributed by atoms with Gasteiger partial charge in [0.05, 0.1) is 6.20 Å². The zero-order chi connectivity index (χ0) is 19.2. The van der Waals surface area contributed by atoms with E-state index >= 15 is 0 Å². The van der Waals surface area contributed by atoms with E-state index in [1.54, 1.807) is 4.90 Å². The molecule has 3 aromatic rings. The number of fused-ring (bicyclic) bond motifs is 1. The first kappa shape index (κ1) is 18.6. The summed E-state index contributed by atoms with van der Waals surface area (Å²) in [6.45, 7) is 5.60. The lowest BCUT2D eigenvalue weighted by Crippen LogP contribution is -2.33. The highest BCUT2D eigenvalue weighted by molar-refractivity contribution is 5.92. The van der Waals surface area contributed by atoms with E-state index in [0.29, 0.717) is 19.6 Å². The highest BCUT2D eigenvalue weighted by atomic mass is 16.2. The van der Waals surface area contributed by atoms with E-state index < -0.39 is 0 Å². The van der Waals surface area contributed by atoms with Gasteiger partial charge in [0.2, 0.25) is 5.91 Å². The predicted octanol–water partition coefficient (Wildman–Crippen LogP) is 2.23. The van der Waals surface area contributed by atoms with Crippen LogP contribution in [0.3, 0.4) is 0 Å². The van der Waals surface area contributed by atoms with Crippen molar-refractivity contribution in [2.75, 3.05) is 13.1 Å². The van der Waals surface area contributed by atoms with E-state index in [1.807, 2.05) is 56.3 Å². The highest BCUT2D eigenvalue weighted by Gasteiger charge is 2.15. The number of aromatic nitrogens is 3. The maximum atomic E-state index is 12.4. The molecule has 0 saturated carbocycles. The molecular formula is C20H23N5O2. The first-order chi connectivity index (χ1) is 13.1. The Morgan fingerprint density at radius 1 is 1.07 bits per heavy atom. The van der Waals surface area contributed by atoms with E-state index in [1.165, 1.54) is 10.9 Å². The van der Waals surface area contributed by atoms with E-state index in [9.17, 15) is 9.59 Å². The number of benzene rings is 2. The number of carbonyl (C=O) groups is 2. The molecule has 27 heavy (non-hydrogen) atoms. The molecule has 0 aliphatic heterocycles.